The molecule has 0 fully saturated rings. The van der Waals surface area contributed by atoms with E-state index in [1.165, 1.54) is 16.3 Å². The number of aromatic nitrogens is 2. The van der Waals surface area contributed by atoms with Crippen LogP contribution < -0.4 is 0 Å². The van der Waals surface area contributed by atoms with Gasteiger partial charge in [0.15, 0.2) is 11.5 Å². The number of oxazole rings is 1. The van der Waals surface area contributed by atoms with Gasteiger partial charge in [-0.15, -0.1) is 4.33 Å². The fraction of sp³-hybridized carbons (Fsp3) is 0.235. The van der Waals surface area contributed by atoms with Gasteiger partial charge in [-0.2, -0.15) is 0 Å². The van der Waals surface area contributed by atoms with Crippen LogP contribution in [0.5, 0.6) is 0 Å². The van der Waals surface area contributed by atoms with Gasteiger partial charge in [-0.1, -0.05) is 23.2 Å². The highest BCUT2D eigenvalue weighted by Gasteiger charge is 2.13. The number of rotatable bonds is 6. The summed E-state index contributed by atoms with van der Waals surface area (Å²) < 4.78 is 12.4. The minimum atomic E-state index is 0.672. The Morgan fingerprint density at radius 3 is 2.96 bits per heavy atom. The first kappa shape index (κ1) is 15.5. The van der Waals surface area contributed by atoms with Gasteiger partial charge >= 0.3 is 0 Å². The first-order chi connectivity index (χ1) is 11.8. The van der Waals surface area contributed by atoms with Gasteiger partial charge in [0, 0.05) is 53.6 Å². The van der Waals surface area contributed by atoms with Crippen molar-refractivity contribution in [3.8, 4) is 0 Å². The molecule has 4 rings (SSSR count). The zero-order valence-corrected chi connectivity index (χ0v) is 13.9. The van der Waals surface area contributed by atoms with Crippen LogP contribution in [0.2, 0.25) is 0 Å². The van der Waals surface area contributed by atoms with Crippen LogP contribution in [0.15, 0.2) is 40.8 Å². The van der Waals surface area contributed by atoms with E-state index in [4.69, 9.17) is 9.67 Å². The number of fused-ring (bicyclic) bond motifs is 4. The summed E-state index contributed by atoms with van der Waals surface area (Å²) in [5, 5.41) is 14.2. The summed E-state index contributed by atoms with van der Waals surface area (Å²) in [5.74, 6) is 1.38. The van der Waals surface area contributed by atoms with Crippen LogP contribution in [0.1, 0.15) is 12.3 Å². The maximum Gasteiger partial charge on any atom is 0.192 e. The van der Waals surface area contributed by atoms with Crippen LogP contribution in [-0.4, -0.2) is 20.6 Å². The molecule has 0 aliphatic heterocycles. The second kappa shape index (κ2) is 6.45. The van der Waals surface area contributed by atoms with E-state index in [2.05, 4.69) is 43.2 Å². The molecule has 124 valence electrons. The van der Waals surface area contributed by atoms with E-state index in [9.17, 15) is 0 Å². The Kier molecular flexibility index (Phi) is 4.15. The SMILES string of the molecule is Cc1nc2cc3c4ccccc4n(CCCSOOO)c3cc2o1. The zero-order chi connectivity index (χ0) is 16.5. The van der Waals surface area contributed by atoms with Gasteiger partial charge < -0.3 is 8.98 Å². The van der Waals surface area contributed by atoms with Gasteiger partial charge in [-0.25, -0.2) is 10.2 Å². The second-order valence-corrected chi connectivity index (χ2v) is 6.34. The van der Waals surface area contributed by atoms with Crippen molar-refractivity contribution in [1.82, 2.24) is 9.55 Å². The third-order valence-corrected chi connectivity index (χ3v) is 4.69. The van der Waals surface area contributed by atoms with E-state index >= 15 is 0 Å². The van der Waals surface area contributed by atoms with Crippen LogP contribution in [0.25, 0.3) is 32.9 Å². The van der Waals surface area contributed by atoms with Gasteiger partial charge in [0.05, 0.1) is 5.52 Å². The Morgan fingerprint density at radius 2 is 2.08 bits per heavy atom. The molecule has 6 nitrogen and oxygen atoms in total. The van der Waals surface area contributed by atoms with Gasteiger partial charge in [0.25, 0.3) is 0 Å². The molecule has 0 aliphatic carbocycles. The smallest absolute Gasteiger partial charge is 0.192 e. The van der Waals surface area contributed by atoms with E-state index in [0.29, 0.717) is 11.6 Å². The maximum absolute atomic E-state index is 8.17. The standard InChI is InChI=1S/C17H16N2O4S/c1-11-18-14-9-13-12-5-2-3-6-15(12)19(7-4-8-24-23-22-20)16(13)10-17(14)21-11/h2-3,5-6,9-10,20H,4,7-8H2,1H3. The van der Waals surface area contributed by atoms with Crippen molar-refractivity contribution in [2.24, 2.45) is 0 Å². The molecule has 0 saturated carbocycles. The first-order valence-electron chi connectivity index (χ1n) is 7.66. The fourth-order valence-corrected chi connectivity index (χ4v) is 3.52. The van der Waals surface area contributed by atoms with Crippen molar-refractivity contribution in [2.45, 2.75) is 19.9 Å². The monoisotopic (exact) mass is 344 g/mol. The number of nitrogens with zero attached hydrogens (tertiary/aromatic N) is 2. The minimum absolute atomic E-state index is 0.672. The highest BCUT2D eigenvalue weighted by molar-refractivity contribution is 7.94. The average Bonchev–Trinajstić information content (AvgIpc) is 3.09. The van der Waals surface area contributed by atoms with Gasteiger partial charge in [-0.05, 0) is 18.6 Å². The van der Waals surface area contributed by atoms with Crippen LogP contribution in [0.4, 0.5) is 0 Å². The quantitative estimate of drug-likeness (QED) is 0.236. The third-order valence-electron chi connectivity index (χ3n) is 4.08. The van der Waals surface area contributed by atoms with Crippen LogP contribution in [0, 0.1) is 6.92 Å². The fourth-order valence-electron chi connectivity index (χ4n) is 3.16. The lowest BCUT2D eigenvalue weighted by Crippen LogP contribution is -1.99. The van der Waals surface area contributed by atoms with E-state index in [-0.39, 0.29) is 0 Å². The van der Waals surface area contributed by atoms with E-state index in [1.54, 1.807) is 0 Å². The van der Waals surface area contributed by atoms with Gasteiger partial charge in [-0.3, -0.25) is 0 Å². The number of aryl methyl sites for hydroxylation is 2. The summed E-state index contributed by atoms with van der Waals surface area (Å²) in [6.07, 6.45) is 0.870. The molecule has 7 heteroatoms. The molecule has 0 spiro atoms. The molecule has 2 aromatic heterocycles. The van der Waals surface area contributed by atoms with Crippen molar-refractivity contribution in [1.29, 1.82) is 0 Å². The highest BCUT2D eigenvalue weighted by atomic mass is 32.2. The maximum atomic E-state index is 8.17. The highest BCUT2D eigenvalue weighted by Crippen LogP contribution is 2.32. The zero-order valence-electron chi connectivity index (χ0n) is 13.1. The molecule has 0 bridgehead atoms. The first-order valence-corrected chi connectivity index (χ1v) is 8.57. The van der Waals surface area contributed by atoms with Crippen LogP contribution in [0.3, 0.4) is 0 Å². The summed E-state index contributed by atoms with van der Waals surface area (Å²) in [5.41, 5.74) is 3.99. The summed E-state index contributed by atoms with van der Waals surface area (Å²) >= 11 is 1.08. The lowest BCUT2D eigenvalue weighted by atomic mass is 10.1. The lowest BCUT2D eigenvalue weighted by molar-refractivity contribution is -0.432. The molecule has 0 unspecified atom stereocenters. The molecule has 2 aromatic carbocycles. The van der Waals surface area contributed by atoms with Crippen molar-refractivity contribution < 1.29 is 19.0 Å². The molecule has 0 atom stereocenters. The van der Waals surface area contributed by atoms with Crippen molar-refractivity contribution in [3.63, 3.8) is 0 Å². The Labute approximate surface area is 142 Å². The van der Waals surface area contributed by atoms with Crippen molar-refractivity contribution in [2.75, 3.05) is 5.75 Å². The number of hydrogen-bond donors (Lipinski definition) is 1. The Bertz CT molecular complexity index is 1010. The Hall–Kier alpha value is -2.06. The summed E-state index contributed by atoms with van der Waals surface area (Å²) in [7, 11) is 0. The lowest BCUT2D eigenvalue weighted by Gasteiger charge is -2.06. The predicted molar refractivity (Wildman–Crippen MR) is 93.6 cm³/mol. The molecular formula is C17H16N2O4S. The Morgan fingerprint density at radius 1 is 1.21 bits per heavy atom. The predicted octanol–water partition coefficient (Wildman–Crippen LogP) is 4.70. The van der Waals surface area contributed by atoms with Crippen molar-refractivity contribution >= 4 is 44.9 Å². The topological polar surface area (TPSA) is 69.7 Å². The third kappa shape index (κ3) is 2.65. The summed E-state index contributed by atoms with van der Waals surface area (Å²) in [4.78, 5) is 4.44. The van der Waals surface area contributed by atoms with Gasteiger partial charge in [0.1, 0.15) is 5.52 Å². The summed E-state index contributed by atoms with van der Waals surface area (Å²) in [6, 6.07) is 12.5. The molecule has 0 amide bonds. The molecule has 1 N–H and O–H groups in total. The van der Waals surface area contributed by atoms with E-state index in [0.717, 1.165) is 41.6 Å². The molecule has 0 saturated heterocycles. The Balaban J connectivity index is 1.80. The second-order valence-electron chi connectivity index (χ2n) is 5.56. The van der Waals surface area contributed by atoms with E-state index < -0.39 is 0 Å². The minimum Gasteiger partial charge on any atom is -0.441 e. The molecule has 4 aromatic rings. The van der Waals surface area contributed by atoms with Crippen LogP contribution >= 0.6 is 12.0 Å². The van der Waals surface area contributed by atoms with Crippen LogP contribution in [-0.2, 0) is 15.9 Å². The number of hydrogen-bond acceptors (Lipinski definition) is 6. The number of para-hydroxylation sites is 1. The van der Waals surface area contributed by atoms with Gasteiger partial charge in [0.2, 0.25) is 0 Å². The largest absolute Gasteiger partial charge is 0.441 e. The molecule has 2 heterocycles. The van der Waals surface area contributed by atoms with E-state index in [1.807, 2.05) is 19.1 Å². The average molecular weight is 344 g/mol. The summed E-state index contributed by atoms with van der Waals surface area (Å²) in [6.45, 7) is 2.68. The molecule has 0 aliphatic rings. The molecule has 0 radical (unpaired) electrons. The molecule has 24 heavy (non-hydrogen) atoms. The molecular weight excluding hydrogens is 328 g/mol. The normalized spacial score (nSPS) is 11.9. The van der Waals surface area contributed by atoms with Crippen molar-refractivity contribution in [3.05, 3.63) is 42.3 Å². The number of benzene rings is 2.